The van der Waals surface area contributed by atoms with Gasteiger partial charge in [-0.2, -0.15) is 0 Å². The SMILES string of the molecule is COC(C)COCCOC(=O)c1ccc(Oc2ccc(C(=O)c3ccccc3)c(O)c2)cc1. The van der Waals surface area contributed by atoms with E-state index in [1.807, 2.05) is 13.0 Å². The third-order valence-electron chi connectivity index (χ3n) is 4.79. The lowest BCUT2D eigenvalue weighted by Crippen LogP contribution is -2.17. The summed E-state index contributed by atoms with van der Waals surface area (Å²) in [6.45, 7) is 2.74. The van der Waals surface area contributed by atoms with Gasteiger partial charge < -0.3 is 24.1 Å². The van der Waals surface area contributed by atoms with Gasteiger partial charge in [0.05, 0.1) is 30.4 Å². The molecule has 3 aromatic rings. The average Bonchev–Trinajstić information content (AvgIpc) is 2.84. The molecule has 1 N–H and O–H groups in total. The second kappa shape index (κ2) is 11.8. The van der Waals surface area contributed by atoms with Crippen LogP contribution < -0.4 is 4.74 Å². The standard InChI is InChI=1S/C26H26O7/c1-18(30-2)17-31-14-15-32-26(29)20-8-10-21(11-9-20)33-22-12-13-23(24(27)16-22)25(28)19-6-4-3-5-7-19/h3-13,16,18,27H,14-15,17H2,1-2H3. The highest BCUT2D eigenvalue weighted by atomic mass is 16.6. The Kier molecular flexibility index (Phi) is 8.57. The molecule has 0 spiro atoms. The lowest BCUT2D eigenvalue weighted by Gasteiger charge is -2.11. The van der Waals surface area contributed by atoms with E-state index in [4.69, 9.17) is 18.9 Å². The molecule has 0 amide bonds. The minimum atomic E-state index is -0.466. The van der Waals surface area contributed by atoms with Gasteiger partial charge in [0.1, 0.15) is 23.9 Å². The highest BCUT2D eigenvalue weighted by molar-refractivity contribution is 6.10. The largest absolute Gasteiger partial charge is 0.507 e. The van der Waals surface area contributed by atoms with E-state index in [-0.39, 0.29) is 36.4 Å². The number of esters is 1. The molecule has 1 unspecified atom stereocenters. The summed E-state index contributed by atoms with van der Waals surface area (Å²) in [5.74, 6) is -0.101. The number of aromatic hydroxyl groups is 1. The van der Waals surface area contributed by atoms with Crippen LogP contribution >= 0.6 is 0 Å². The normalized spacial score (nSPS) is 11.6. The fourth-order valence-corrected chi connectivity index (χ4v) is 2.90. The predicted octanol–water partition coefficient (Wildman–Crippen LogP) is 4.62. The number of ether oxygens (including phenoxy) is 4. The van der Waals surface area contributed by atoms with Crippen LogP contribution in [-0.2, 0) is 14.2 Å². The molecule has 0 bridgehead atoms. The van der Waals surface area contributed by atoms with E-state index in [1.165, 1.54) is 12.1 Å². The summed E-state index contributed by atoms with van der Waals surface area (Å²) in [7, 11) is 1.60. The molecule has 0 aliphatic heterocycles. The van der Waals surface area contributed by atoms with Gasteiger partial charge in [0.25, 0.3) is 0 Å². The molecule has 0 saturated heterocycles. The first-order valence-electron chi connectivity index (χ1n) is 10.5. The van der Waals surface area contributed by atoms with Crippen LogP contribution in [0.4, 0.5) is 0 Å². The van der Waals surface area contributed by atoms with Crippen molar-refractivity contribution in [2.45, 2.75) is 13.0 Å². The summed E-state index contributed by atoms with van der Waals surface area (Å²) in [5.41, 5.74) is 1.05. The lowest BCUT2D eigenvalue weighted by atomic mass is 10.0. The monoisotopic (exact) mass is 450 g/mol. The van der Waals surface area contributed by atoms with Crippen LogP contribution in [0.5, 0.6) is 17.2 Å². The van der Waals surface area contributed by atoms with Gasteiger partial charge in [0.15, 0.2) is 5.78 Å². The Bertz CT molecular complexity index is 1060. The van der Waals surface area contributed by atoms with E-state index in [1.54, 1.807) is 61.7 Å². The first kappa shape index (κ1) is 24.0. The lowest BCUT2D eigenvalue weighted by molar-refractivity contribution is -0.00266. The maximum absolute atomic E-state index is 12.5. The molecule has 0 aromatic heterocycles. The summed E-state index contributed by atoms with van der Waals surface area (Å²) >= 11 is 0. The number of hydrogen-bond donors (Lipinski definition) is 1. The van der Waals surface area contributed by atoms with Gasteiger partial charge in [-0.1, -0.05) is 30.3 Å². The van der Waals surface area contributed by atoms with E-state index in [0.717, 1.165) is 0 Å². The molecule has 0 aliphatic rings. The van der Waals surface area contributed by atoms with Crippen LogP contribution in [0, 0.1) is 0 Å². The average molecular weight is 450 g/mol. The summed E-state index contributed by atoms with van der Waals surface area (Å²) in [6.07, 6.45) is -0.0179. The van der Waals surface area contributed by atoms with Crippen LogP contribution in [0.1, 0.15) is 33.2 Å². The van der Waals surface area contributed by atoms with Crippen LogP contribution in [0.25, 0.3) is 0 Å². The second-order valence-corrected chi connectivity index (χ2v) is 7.26. The van der Waals surface area contributed by atoms with E-state index in [0.29, 0.717) is 29.2 Å². The number of carbonyl (C=O) groups excluding carboxylic acids is 2. The summed E-state index contributed by atoms with van der Waals surface area (Å²) in [6, 6.07) is 19.6. The Morgan fingerprint density at radius 1 is 0.879 bits per heavy atom. The Morgan fingerprint density at radius 3 is 2.24 bits per heavy atom. The Labute approximate surface area is 192 Å². The summed E-state index contributed by atoms with van der Waals surface area (Å²) < 4.78 is 21.3. The van der Waals surface area contributed by atoms with Crippen molar-refractivity contribution in [3.63, 3.8) is 0 Å². The number of methoxy groups -OCH3 is 1. The van der Waals surface area contributed by atoms with Gasteiger partial charge in [0.2, 0.25) is 0 Å². The third-order valence-corrected chi connectivity index (χ3v) is 4.79. The van der Waals surface area contributed by atoms with E-state index in [2.05, 4.69) is 0 Å². The maximum Gasteiger partial charge on any atom is 0.338 e. The molecule has 7 nitrogen and oxygen atoms in total. The quantitative estimate of drug-likeness (QED) is 0.259. The number of rotatable bonds is 11. The first-order valence-corrected chi connectivity index (χ1v) is 10.5. The van der Waals surface area contributed by atoms with Crippen molar-refractivity contribution < 1.29 is 33.6 Å². The molecule has 0 fully saturated rings. The van der Waals surface area contributed by atoms with Crippen molar-refractivity contribution in [3.05, 3.63) is 89.5 Å². The van der Waals surface area contributed by atoms with Crippen molar-refractivity contribution in [1.82, 2.24) is 0 Å². The van der Waals surface area contributed by atoms with E-state index in [9.17, 15) is 14.7 Å². The molecular formula is C26H26O7. The molecule has 0 saturated carbocycles. The predicted molar refractivity (Wildman–Crippen MR) is 122 cm³/mol. The zero-order chi connectivity index (χ0) is 23.6. The molecule has 0 aliphatic carbocycles. The summed E-state index contributed by atoms with van der Waals surface area (Å²) in [4.78, 5) is 24.7. The van der Waals surface area contributed by atoms with Gasteiger partial charge in [0, 0.05) is 18.7 Å². The van der Waals surface area contributed by atoms with Crippen LogP contribution in [0.2, 0.25) is 0 Å². The highest BCUT2D eigenvalue weighted by Gasteiger charge is 2.14. The van der Waals surface area contributed by atoms with Gasteiger partial charge in [-0.05, 0) is 43.3 Å². The molecular weight excluding hydrogens is 424 g/mol. The fourth-order valence-electron chi connectivity index (χ4n) is 2.90. The second-order valence-electron chi connectivity index (χ2n) is 7.26. The Morgan fingerprint density at radius 2 is 1.58 bits per heavy atom. The molecule has 0 radical (unpaired) electrons. The molecule has 7 heteroatoms. The number of carbonyl (C=O) groups is 2. The highest BCUT2D eigenvalue weighted by Crippen LogP contribution is 2.29. The van der Waals surface area contributed by atoms with Crippen molar-refractivity contribution in [2.75, 3.05) is 26.9 Å². The van der Waals surface area contributed by atoms with Crippen molar-refractivity contribution >= 4 is 11.8 Å². The molecule has 172 valence electrons. The molecule has 3 aromatic carbocycles. The van der Waals surface area contributed by atoms with Gasteiger partial charge in [-0.25, -0.2) is 4.79 Å². The first-order chi connectivity index (χ1) is 16.0. The number of ketones is 1. The third kappa shape index (κ3) is 6.90. The Hall–Kier alpha value is -3.68. The smallest absolute Gasteiger partial charge is 0.338 e. The summed E-state index contributed by atoms with van der Waals surface area (Å²) in [5, 5.41) is 10.3. The maximum atomic E-state index is 12.5. The van der Waals surface area contributed by atoms with Crippen LogP contribution in [0.3, 0.4) is 0 Å². The number of phenolic OH excluding ortho intramolecular Hbond substituents is 1. The van der Waals surface area contributed by atoms with Crippen molar-refractivity contribution in [1.29, 1.82) is 0 Å². The molecule has 0 heterocycles. The van der Waals surface area contributed by atoms with Crippen LogP contribution in [0.15, 0.2) is 72.8 Å². The van der Waals surface area contributed by atoms with Gasteiger partial charge >= 0.3 is 5.97 Å². The van der Waals surface area contributed by atoms with Gasteiger partial charge in [-0.15, -0.1) is 0 Å². The minimum absolute atomic E-state index is 0.0179. The van der Waals surface area contributed by atoms with E-state index < -0.39 is 5.97 Å². The van der Waals surface area contributed by atoms with E-state index >= 15 is 0 Å². The molecule has 33 heavy (non-hydrogen) atoms. The zero-order valence-electron chi connectivity index (χ0n) is 18.5. The zero-order valence-corrected chi connectivity index (χ0v) is 18.5. The Balaban J connectivity index is 1.54. The van der Waals surface area contributed by atoms with Gasteiger partial charge in [-0.3, -0.25) is 4.79 Å². The number of benzene rings is 3. The molecule has 3 rings (SSSR count). The topological polar surface area (TPSA) is 91.3 Å². The minimum Gasteiger partial charge on any atom is -0.507 e. The van der Waals surface area contributed by atoms with Crippen LogP contribution in [-0.4, -0.2) is 49.9 Å². The van der Waals surface area contributed by atoms with Crippen molar-refractivity contribution in [2.24, 2.45) is 0 Å². The molecule has 1 atom stereocenters. The number of phenols is 1. The number of hydrogen-bond acceptors (Lipinski definition) is 7. The van der Waals surface area contributed by atoms with Crippen molar-refractivity contribution in [3.8, 4) is 17.2 Å². The fraction of sp³-hybridized carbons (Fsp3) is 0.231.